The molecule has 0 saturated heterocycles. The average Bonchev–Trinajstić information content (AvgIpc) is 2.58. The van der Waals surface area contributed by atoms with Crippen LogP contribution in [0.4, 0.5) is 15.8 Å². The van der Waals surface area contributed by atoms with Gasteiger partial charge in [-0.2, -0.15) is 0 Å². The van der Waals surface area contributed by atoms with Gasteiger partial charge in [0.1, 0.15) is 5.82 Å². The van der Waals surface area contributed by atoms with Crippen LogP contribution in [0.2, 0.25) is 5.02 Å². The average molecular weight is 379 g/mol. The number of esters is 1. The molecule has 0 bridgehead atoms. The molecule has 0 radical (unpaired) electrons. The van der Waals surface area contributed by atoms with Crippen molar-refractivity contribution in [1.82, 2.24) is 0 Å². The smallest absolute Gasteiger partial charge is 0.310 e. The Hall–Kier alpha value is -2.93. The number of hydrogen-bond acceptors (Lipinski definition) is 4. The van der Waals surface area contributed by atoms with Gasteiger partial charge in [-0.3, -0.25) is 14.4 Å². The molecule has 26 heavy (non-hydrogen) atoms. The molecule has 0 aliphatic carbocycles. The number of halogens is 2. The van der Waals surface area contributed by atoms with Crippen LogP contribution < -0.4 is 10.6 Å². The van der Waals surface area contributed by atoms with Gasteiger partial charge in [-0.1, -0.05) is 17.7 Å². The highest BCUT2D eigenvalue weighted by atomic mass is 35.5. The van der Waals surface area contributed by atoms with Crippen molar-refractivity contribution in [2.24, 2.45) is 0 Å². The Labute approximate surface area is 154 Å². The van der Waals surface area contributed by atoms with Crippen molar-refractivity contribution in [1.29, 1.82) is 0 Å². The first-order chi connectivity index (χ1) is 12.3. The molecule has 136 valence electrons. The molecular weight excluding hydrogens is 363 g/mol. The number of nitrogens with one attached hydrogen (secondary N) is 2. The third-order valence-electron chi connectivity index (χ3n) is 3.24. The van der Waals surface area contributed by atoms with Gasteiger partial charge in [0.2, 0.25) is 5.91 Å². The highest BCUT2D eigenvalue weighted by molar-refractivity contribution is 6.31. The van der Waals surface area contributed by atoms with Gasteiger partial charge < -0.3 is 15.4 Å². The summed E-state index contributed by atoms with van der Waals surface area (Å²) in [7, 11) is 0. The molecule has 2 rings (SSSR count). The third-order valence-corrected chi connectivity index (χ3v) is 3.59. The van der Waals surface area contributed by atoms with E-state index >= 15 is 0 Å². The standard InChI is InChI=1S/C18H16ClFN2O4/c1-11(23)21-12-5-7-13(8-6-12)22-17(24)10-26-18(25)9-14-15(19)3-2-4-16(14)20/h2-8H,9-10H2,1H3,(H,21,23)(H,22,24). The van der Waals surface area contributed by atoms with Crippen LogP contribution in [0, 0.1) is 5.82 Å². The molecular formula is C18H16ClFN2O4. The molecule has 2 aromatic rings. The Balaban J connectivity index is 1.82. The lowest BCUT2D eigenvalue weighted by Gasteiger charge is -2.09. The van der Waals surface area contributed by atoms with E-state index in [1.54, 1.807) is 24.3 Å². The summed E-state index contributed by atoms with van der Waals surface area (Å²) in [6.07, 6.45) is -0.371. The third kappa shape index (κ3) is 5.86. The van der Waals surface area contributed by atoms with Gasteiger partial charge in [-0.15, -0.1) is 0 Å². The van der Waals surface area contributed by atoms with Gasteiger partial charge in [-0.25, -0.2) is 4.39 Å². The van der Waals surface area contributed by atoms with Gasteiger partial charge in [0.05, 0.1) is 6.42 Å². The highest BCUT2D eigenvalue weighted by Crippen LogP contribution is 2.19. The van der Waals surface area contributed by atoms with Crippen LogP contribution in [-0.4, -0.2) is 24.4 Å². The second-order valence-electron chi connectivity index (χ2n) is 5.34. The van der Waals surface area contributed by atoms with Gasteiger partial charge in [0.15, 0.2) is 6.61 Å². The maximum atomic E-state index is 13.6. The Bertz CT molecular complexity index is 804. The van der Waals surface area contributed by atoms with Crippen molar-refractivity contribution in [2.75, 3.05) is 17.2 Å². The van der Waals surface area contributed by atoms with E-state index in [1.807, 2.05) is 0 Å². The topological polar surface area (TPSA) is 84.5 Å². The number of amides is 2. The molecule has 0 aromatic heterocycles. The molecule has 8 heteroatoms. The van der Waals surface area contributed by atoms with E-state index in [4.69, 9.17) is 16.3 Å². The van der Waals surface area contributed by atoms with Crippen LogP contribution in [0.15, 0.2) is 42.5 Å². The monoisotopic (exact) mass is 378 g/mol. The summed E-state index contributed by atoms with van der Waals surface area (Å²) in [5.41, 5.74) is 1.08. The van der Waals surface area contributed by atoms with Gasteiger partial charge in [0, 0.05) is 28.9 Å². The fourth-order valence-electron chi connectivity index (χ4n) is 2.08. The number of benzene rings is 2. The zero-order chi connectivity index (χ0) is 19.1. The summed E-state index contributed by atoms with van der Waals surface area (Å²) in [5.74, 6) is -2.14. The Morgan fingerprint density at radius 3 is 2.23 bits per heavy atom. The molecule has 2 aromatic carbocycles. The molecule has 0 fully saturated rings. The van der Waals surface area contributed by atoms with Crippen molar-refractivity contribution in [3.05, 3.63) is 58.9 Å². The normalized spacial score (nSPS) is 10.1. The Kier molecular flexibility index (Phi) is 6.68. The van der Waals surface area contributed by atoms with E-state index in [2.05, 4.69) is 10.6 Å². The minimum Gasteiger partial charge on any atom is -0.455 e. The second kappa shape index (κ2) is 8.96. The van der Waals surface area contributed by atoms with Gasteiger partial charge in [0.25, 0.3) is 5.91 Å². The van der Waals surface area contributed by atoms with E-state index in [0.717, 1.165) is 0 Å². The first kappa shape index (κ1) is 19.4. The minimum absolute atomic E-state index is 0.0214. The van der Waals surface area contributed by atoms with Gasteiger partial charge >= 0.3 is 5.97 Å². The van der Waals surface area contributed by atoms with E-state index in [1.165, 1.54) is 25.1 Å². The zero-order valence-corrected chi connectivity index (χ0v) is 14.6. The first-order valence-corrected chi connectivity index (χ1v) is 7.99. The zero-order valence-electron chi connectivity index (χ0n) is 13.8. The van der Waals surface area contributed by atoms with Crippen LogP contribution in [-0.2, 0) is 25.5 Å². The second-order valence-corrected chi connectivity index (χ2v) is 5.75. The molecule has 0 spiro atoms. The number of hydrogen-bond donors (Lipinski definition) is 2. The molecule has 0 saturated carbocycles. The summed E-state index contributed by atoms with van der Waals surface area (Å²) < 4.78 is 18.4. The Morgan fingerprint density at radius 2 is 1.65 bits per heavy atom. The minimum atomic E-state index is -0.770. The molecule has 0 aliphatic rings. The van der Waals surface area contributed by atoms with Crippen LogP contribution in [0.25, 0.3) is 0 Å². The molecule has 6 nitrogen and oxygen atoms in total. The fraction of sp³-hybridized carbons (Fsp3) is 0.167. The van der Waals surface area contributed by atoms with E-state index in [9.17, 15) is 18.8 Å². The molecule has 2 N–H and O–H groups in total. The predicted molar refractivity (Wildman–Crippen MR) is 95.4 cm³/mol. The SMILES string of the molecule is CC(=O)Nc1ccc(NC(=O)COC(=O)Cc2c(F)cccc2Cl)cc1. The molecule has 0 atom stereocenters. The van der Waals surface area contributed by atoms with Crippen molar-refractivity contribution < 1.29 is 23.5 Å². The van der Waals surface area contributed by atoms with Crippen LogP contribution in [0.1, 0.15) is 12.5 Å². The maximum Gasteiger partial charge on any atom is 0.310 e. The predicted octanol–water partition coefficient (Wildman–Crippen LogP) is 3.16. The van der Waals surface area contributed by atoms with Crippen molar-refractivity contribution >= 4 is 40.8 Å². The van der Waals surface area contributed by atoms with Crippen LogP contribution in [0.3, 0.4) is 0 Å². The Morgan fingerprint density at radius 1 is 1.04 bits per heavy atom. The van der Waals surface area contributed by atoms with E-state index in [-0.39, 0.29) is 22.9 Å². The quantitative estimate of drug-likeness (QED) is 0.756. The van der Waals surface area contributed by atoms with Gasteiger partial charge in [-0.05, 0) is 36.4 Å². The summed E-state index contributed by atoms with van der Waals surface area (Å²) in [6, 6.07) is 10.5. The lowest BCUT2D eigenvalue weighted by molar-refractivity contribution is -0.146. The lowest BCUT2D eigenvalue weighted by atomic mass is 10.1. The lowest BCUT2D eigenvalue weighted by Crippen LogP contribution is -2.22. The molecule has 0 heterocycles. The summed E-state index contributed by atoms with van der Waals surface area (Å²) in [6.45, 7) is 0.872. The van der Waals surface area contributed by atoms with Crippen molar-refractivity contribution in [3.63, 3.8) is 0 Å². The summed E-state index contributed by atoms with van der Waals surface area (Å²) in [4.78, 5) is 34.5. The molecule has 2 amide bonds. The fourth-order valence-corrected chi connectivity index (χ4v) is 2.31. The number of ether oxygens (including phenoxy) is 1. The van der Waals surface area contributed by atoms with Crippen LogP contribution >= 0.6 is 11.6 Å². The number of rotatable bonds is 6. The summed E-state index contributed by atoms with van der Waals surface area (Å²) >= 11 is 5.83. The van der Waals surface area contributed by atoms with Crippen LogP contribution in [0.5, 0.6) is 0 Å². The highest BCUT2D eigenvalue weighted by Gasteiger charge is 2.14. The number of anilines is 2. The molecule has 0 aliphatic heterocycles. The van der Waals surface area contributed by atoms with E-state index < -0.39 is 24.3 Å². The largest absolute Gasteiger partial charge is 0.455 e. The maximum absolute atomic E-state index is 13.6. The molecule has 0 unspecified atom stereocenters. The summed E-state index contributed by atoms with van der Waals surface area (Å²) in [5, 5.41) is 5.25. The number of carbonyl (C=O) groups is 3. The van der Waals surface area contributed by atoms with Crippen molar-refractivity contribution in [2.45, 2.75) is 13.3 Å². The van der Waals surface area contributed by atoms with Crippen molar-refractivity contribution in [3.8, 4) is 0 Å². The van der Waals surface area contributed by atoms with E-state index in [0.29, 0.717) is 11.4 Å². The first-order valence-electron chi connectivity index (χ1n) is 7.61. The number of carbonyl (C=O) groups excluding carboxylic acids is 3.